The molecule has 1 aliphatic heterocycles. The van der Waals surface area contributed by atoms with Gasteiger partial charge in [-0.3, -0.25) is 4.98 Å². The smallest absolute Gasteiger partial charge is 0.134 e. The highest BCUT2D eigenvalue weighted by Gasteiger charge is 2.34. The van der Waals surface area contributed by atoms with Crippen LogP contribution in [-0.4, -0.2) is 30.4 Å². The lowest BCUT2D eigenvalue weighted by atomic mass is 9.87. The Kier molecular flexibility index (Phi) is 2.88. The predicted molar refractivity (Wildman–Crippen MR) is 54.6 cm³/mol. The van der Waals surface area contributed by atoms with Gasteiger partial charge in [-0.05, 0) is 6.07 Å². The van der Waals surface area contributed by atoms with Crippen molar-refractivity contribution >= 4 is 0 Å². The molecule has 15 heavy (non-hydrogen) atoms. The van der Waals surface area contributed by atoms with Crippen molar-refractivity contribution in [1.29, 1.82) is 0 Å². The molecule has 1 aliphatic rings. The van der Waals surface area contributed by atoms with E-state index < -0.39 is 0 Å². The molecule has 0 spiro atoms. The first-order valence-corrected chi connectivity index (χ1v) is 5.04. The zero-order chi connectivity index (χ0) is 10.7. The van der Waals surface area contributed by atoms with E-state index in [-0.39, 0.29) is 11.4 Å². The third-order valence-electron chi connectivity index (χ3n) is 2.94. The maximum absolute atomic E-state index is 9.40. The van der Waals surface area contributed by atoms with Gasteiger partial charge in [0.1, 0.15) is 5.75 Å². The van der Waals surface area contributed by atoms with Gasteiger partial charge >= 0.3 is 0 Å². The summed E-state index contributed by atoms with van der Waals surface area (Å²) in [6, 6.07) is 1.71. The first-order chi connectivity index (χ1) is 7.27. The van der Waals surface area contributed by atoms with E-state index in [1.165, 1.54) is 6.20 Å². The molecule has 4 heteroatoms. The Bertz CT molecular complexity index is 334. The summed E-state index contributed by atoms with van der Waals surface area (Å²) in [5.41, 5.74) is 0.581. The van der Waals surface area contributed by atoms with Crippen LogP contribution in [0.2, 0.25) is 0 Å². The van der Waals surface area contributed by atoms with Gasteiger partial charge in [-0.1, -0.05) is 0 Å². The molecule has 0 bridgehead atoms. The van der Waals surface area contributed by atoms with E-state index in [9.17, 15) is 5.11 Å². The summed E-state index contributed by atoms with van der Waals surface area (Å²) in [6.45, 7) is 1.37. The number of pyridine rings is 1. The van der Waals surface area contributed by atoms with Crippen molar-refractivity contribution in [2.45, 2.75) is 18.4 Å². The lowest BCUT2D eigenvalue weighted by molar-refractivity contribution is -0.0950. The summed E-state index contributed by atoms with van der Waals surface area (Å²) in [4.78, 5) is 3.98. The molecular weight excluding hydrogens is 194 g/mol. The molecule has 0 aliphatic carbocycles. The molecule has 1 N–H and O–H groups in total. The standard InChI is InChI=1S/C11H15NO3/c1-14-11(2-4-15-5-3-11)9-6-10(13)8-12-7-9/h6-8,13H,2-5H2,1H3. The third-order valence-corrected chi connectivity index (χ3v) is 2.94. The number of ether oxygens (including phenoxy) is 2. The van der Waals surface area contributed by atoms with E-state index in [1.807, 2.05) is 0 Å². The van der Waals surface area contributed by atoms with Gasteiger partial charge in [0.05, 0.1) is 11.8 Å². The lowest BCUT2D eigenvalue weighted by Gasteiger charge is -2.36. The average Bonchev–Trinajstić information content (AvgIpc) is 2.30. The van der Waals surface area contributed by atoms with E-state index >= 15 is 0 Å². The van der Waals surface area contributed by atoms with Gasteiger partial charge < -0.3 is 14.6 Å². The Hall–Kier alpha value is -1.13. The van der Waals surface area contributed by atoms with Crippen molar-refractivity contribution in [3.63, 3.8) is 0 Å². The van der Waals surface area contributed by atoms with Crippen LogP contribution in [0.5, 0.6) is 5.75 Å². The molecule has 82 valence electrons. The van der Waals surface area contributed by atoms with E-state index in [2.05, 4.69) is 4.98 Å². The molecule has 0 saturated carbocycles. The molecule has 2 heterocycles. The number of rotatable bonds is 2. The summed E-state index contributed by atoms with van der Waals surface area (Å²) >= 11 is 0. The Labute approximate surface area is 88.9 Å². The van der Waals surface area contributed by atoms with Crippen molar-refractivity contribution in [1.82, 2.24) is 4.98 Å². The average molecular weight is 209 g/mol. The number of nitrogens with zero attached hydrogens (tertiary/aromatic N) is 1. The van der Waals surface area contributed by atoms with Crippen LogP contribution in [0.15, 0.2) is 18.5 Å². The number of methoxy groups -OCH3 is 1. The van der Waals surface area contributed by atoms with Gasteiger partial charge in [0, 0.05) is 44.9 Å². The second-order valence-corrected chi connectivity index (χ2v) is 3.74. The van der Waals surface area contributed by atoms with E-state index in [0.29, 0.717) is 13.2 Å². The Morgan fingerprint density at radius 2 is 2.13 bits per heavy atom. The zero-order valence-electron chi connectivity index (χ0n) is 8.77. The molecule has 0 amide bonds. The van der Waals surface area contributed by atoms with Crippen molar-refractivity contribution < 1.29 is 14.6 Å². The van der Waals surface area contributed by atoms with Crippen molar-refractivity contribution in [2.75, 3.05) is 20.3 Å². The Balaban J connectivity index is 2.32. The van der Waals surface area contributed by atoms with Crippen LogP contribution in [-0.2, 0) is 15.1 Å². The molecule has 0 unspecified atom stereocenters. The number of hydrogen-bond donors (Lipinski definition) is 1. The Morgan fingerprint density at radius 1 is 1.40 bits per heavy atom. The van der Waals surface area contributed by atoms with Crippen molar-refractivity contribution in [2.24, 2.45) is 0 Å². The van der Waals surface area contributed by atoms with Gasteiger partial charge in [-0.25, -0.2) is 0 Å². The summed E-state index contributed by atoms with van der Waals surface area (Å²) in [6.07, 6.45) is 4.77. The third kappa shape index (κ3) is 1.96. The van der Waals surface area contributed by atoms with Crippen LogP contribution in [0.1, 0.15) is 18.4 Å². The van der Waals surface area contributed by atoms with Crippen molar-refractivity contribution in [3.05, 3.63) is 24.0 Å². The molecule has 1 saturated heterocycles. The molecule has 0 atom stereocenters. The van der Waals surface area contributed by atoms with E-state index in [0.717, 1.165) is 18.4 Å². The highest BCUT2D eigenvalue weighted by molar-refractivity contribution is 5.27. The van der Waals surface area contributed by atoms with Crippen LogP contribution in [0.25, 0.3) is 0 Å². The van der Waals surface area contributed by atoms with Crippen LogP contribution >= 0.6 is 0 Å². The second kappa shape index (κ2) is 4.16. The largest absolute Gasteiger partial charge is 0.506 e. The van der Waals surface area contributed by atoms with Crippen LogP contribution < -0.4 is 0 Å². The molecule has 1 fully saturated rings. The fraction of sp³-hybridized carbons (Fsp3) is 0.545. The molecule has 2 rings (SSSR count). The van der Waals surface area contributed by atoms with Crippen molar-refractivity contribution in [3.8, 4) is 5.75 Å². The molecule has 0 radical (unpaired) electrons. The first kappa shape index (κ1) is 10.4. The monoisotopic (exact) mass is 209 g/mol. The molecule has 0 aromatic carbocycles. The molecular formula is C11H15NO3. The van der Waals surface area contributed by atoms with Crippen LogP contribution in [0.3, 0.4) is 0 Å². The highest BCUT2D eigenvalue weighted by Crippen LogP contribution is 2.35. The summed E-state index contributed by atoms with van der Waals surface area (Å²) in [7, 11) is 1.69. The van der Waals surface area contributed by atoms with E-state index in [4.69, 9.17) is 9.47 Å². The number of aromatic nitrogens is 1. The van der Waals surface area contributed by atoms with Crippen LogP contribution in [0.4, 0.5) is 0 Å². The SMILES string of the molecule is COC1(c2cncc(O)c2)CCOCC1. The second-order valence-electron chi connectivity index (χ2n) is 3.74. The molecule has 4 nitrogen and oxygen atoms in total. The first-order valence-electron chi connectivity index (χ1n) is 5.04. The molecule has 1 aromatic heterocycles. The summed E-state index contributed by atoms with van der Waals surface area (Å²) < 4.78 is 10.9. The van der Waals surface area contributed by atoms with Gasteiger partial charge in [0.25, 0.3) is 0 Å². The number of hydrogen-bond acceptors (Lipinski definition) is 4. The van der Waals surface area contributed by atoms with E-state index in [1.54, 1.807) is 19.4 Å². The van der Waals surface area contributed by atoms with Crippen LogP contribution in [0, 0.1) is 0 Å². The zero-order valence-corrected chi connectivity index (χ0v) is 8.77. The topological polar surface area (TPSA) is 51.6 Å². The predicted octanol–water partition coefficient (Wildman–Crippen LogP) is 1.44. The highest BCUT2D eigenvalue weighted by atomic mass is 16.5. The number of aromatic hydroxyl groups is 1. The van der Waals surface area contributed by atoms with Gasteiger partial charge in [-0.15, -0.1) is 0 Å². The normalized spacial score (nSPS) is 20.1. The van der Waals surface area contributed by atoms with Gasteiger partial charge in [0.2, 0.25) is 0 Å². The maximum Gasteiger partial charge on any atom is 0.134 e. The summed E-state index contributed by atoms with van der Waals surface area (Å²) in [5.74, 6) is 0.176. The van der Waals surface area contributed by atoms with Gasteiger partial charge in [-0.2, -0.15) is 0 Å². The summed E-state index contributed by atoms with van der Waals surface area (Å²) in [5, 5.41) is 9.40. The maximum atomic E-state index is 9.40. The molecule has 1 aromatic rings. The minimum atomic E-state index is -0.343. The fourth-order valence-electron chi connectivity index (χ4n) is 1.99. The lowest BCUT2D eigenvalue weighted by Crippen LogP contribution is -2.35. The van der Waals surface area contributed by atoms with Gasteiger partial charge in [0.15, 0.2) is 0 Å². The fourth-order valence-corrected chi connectivity index (χ4v) is 1.99. The quantitative estimate of drug-likeness (QED) is 0.800. The minimum Gasteiger partial charge on any atom is -0.506 e. The Morgan fingerprint density at radius 3 is 2.73 bits per heavy atom. The minimum absolute atomic E-state index is 0.176.